The first-order valence-electron chi connectivity index (χ1n) is 6.03. The van der Waals surface area contributed by atoms with Gasteiger partial charge in [-0.3, -0.25) is 4.90 Å². The van der Waals surface area contributed by atoms with Gasteiger partial charge in [0.15, 0.2) is 17.6 Å². The molecule has 2 N–H and O–H groups in total. The van der Waals surface area contributed by atoms with Crippen molar-refractivity contribution in [2.45, 2.75) is 12.6 Å². The predicted molar refractivity (Wildman–Crippen MR) is 67.3 cm³/mol. The lowest BCUT2D eigenvalue weighted by Crippen LogP contribution is -2.45. The highest BCUT2D eigenvalue weighted by atomic mass is 16.5. The van der Waals surface area contributed by atoms with Crippen LogP contribution in [0.1, 0.15) is 5.56 Å². The van der Waals surface area contributed by atoms with Crippen LogP contribution in [0.5, 0.6) is 11.5 Å². The van der Waals surface area contributed by atoms with Gasteiger partial charge in [0.2, 0.25) is 0 Å². The van der Waals surface area contributed by atoms with E-state index in [0.717, 1.165) is 5.56 Å². The van der Waals surface area contributed by atoms with E-state index in [-0.39, 0.29) is 5.75 Å². The van der Waals surface area contributed by atoms with Crippen molar-refractivity contribution in [3.8, 4) is 11.5 Å². The predicted octanol–water partition coefficient (Wildman–Crippen LogP) is 0.686. The third kappa shape index (κ3) is 3.36. The standard InChI is InChI=1S/C13H17NO5/c1-18-11-6-9(2-3-10(11)15)7-14-4-5-19-12(8-14)13(16)17/h2-3,6,12,15H,4-5,7-8H2,1H3,(H,16,17). The summed E-state index contributed by atoms with van der Waals surface area (Å²) in [6.07, 6.45) is -0.771. The lowest BCUT2D eigenvalue weighted by molar-refractivity contribution is -0.156. The van der Waals surface area contributed by atoms with Crippen molar-refractivity contribution in [1.29, 1.82) is 0 Å². The molecule has 1 aromatic carbocycles. The summed E-state index contributed by atoms with van der Waals surface area (Å²) in [6.45, 7) is 2.06. The molecule has 2 rings (SSSR count). The first kappa shape index (κ1) is 13.6. The highest BCUT2D eigenvalue weighted by Gasteiger charge is 2.26. The minimum atomic E-state index is -0.937. The SMILES string of the molecule is COc1cc(CN2CCOC(C(=O)O)C2)ccc1O. The fourth-order valence-corrected chi connectivity index (χ4v) is 2.07. The van der Waals surface area contributed by atoms with Crippen LogP contribution in [0, 0.1) is 0 Å². The number of hydrogen-bond acceptors (Lipinski definition) is 5. The second-order valence-electron chi connectivity index (χ2n) is 4.44. The Morgan fingerprint density at radius 1 is 1.58 bits per heavy atom. The number of benzene rings is 1. The number of phenolic OH excluding ortho intramolecular Hbond substituents is 1. The molecular formula is C13H17NO5. The van der Waals surface area contributed by atoms with Crippen molar-refractivity contribution in [2.75, 3.05) is 26.8 Å². The number of methoxy groups -OCH3 is 1. The molecule has 0 bridgehead atoms. The molecule has 6 nitrogen and oxygen atoms in total. The summed E-state index contributed by atoms with van der Waals surface area (Å²) in [6, 6.07) is 5.12. The van der Waals surface area contributed by atoms with E-state index in [2.05, 4.69) is 0 Å². The average molecular weight is 267 g/mol. The zero-order valence-corrected chi connectivity index (χ0v) is 10.7. The molecule has 1 saturated heterocycles. The summed E-state index contributed by atoms with van der Waals surface area (Å²) in [5, 5.41) is 18.5. The molecule has 104 valence electrons. The lowest BCUT2D eigenvalue weighted by Gasteiger charge is -2.30. The van der Waals surface area contributed by atoms with Crippen molar-refractivity contribution < 1.29 is 24.5 Å². The number of hydrogen-bond donors (Lipinski definition) is 2. The Morgan fingerprint density at radius 3 is 3.05 bits per heavy atom. The highest BCUT2D eigenvalue weighted by molar-refractivity contribution is 5.72. The van der Waals surface area contributed by atoms with Crippen molar-refractivity contribution in [3.63, 3.8) is 0 Å². The Kier molecular flexibility index (Phi) is 4.24. The largest absolute Gasteiger partial charge is 0.504 e. The van der Waals surface area contributed by atoms with Gasteiger partial charge in [-0.05, 0) is 17.7 Å². The Balaban J connectivity index is 2.02. The van der Waals surface area contributed by atoms with E-state index < -0.39 is 12.1 Å². The van der Waals surface area contributed by atoms with Crippen LogP contribution in [0.4, 0.5) is 0 Å². The molecule has 0 spiro atoms. The van der Waals surface area contributed by atoms with Crippen LogP contribution in [0.25, 0.3) is 0 Å². The molecule has 0 amide bonds. The van der Waals surface area contributed by atoms with Gasteiger partial charge in [-0.15, -0.1) is 0 Å². The van der Waals surface area contributed by atoms with Crippen molar-refractivity contribution in [3.05, 3.63) is 23.8 Å². The summed E-state index contributed by atoms with van der Waals surface area (Å²) in [4.78, 5) is 12.9. The minimum Gasteiger partial charge on any atom is -0.504 e. The second kappa shape index (κ2) is 5.90. The molecule has 19 heavy (non-hydrogen) atoms. The lowest BCUT2D eigenvalue weighted by atomic mass is 10.1. The Hall–Kier alpha value is -1.79. The smallest absolute Gasteiger partial charge is 0.334 e. The van der Waals surface area contributed by atoms with Gasteiger partial charge < -0.3 is 19.7 Å². The number of aromatic hydroxyl groups is 1. The summed E-state index contributed by atoms with van der Waals surface area (Å²) >= 11 is 0. The third-order valence-electron chi connectivity index (χ3n) is 3.08. The maximum absolute atomic E-state index is 10.9. The summed E-state index contributed by atoms with van der Waals surface area (Å²) in [5.74, 6) is -0.426. The normalized spacial score (nSPS) is 20.2. The second-order valence-corrected chi connectivity index (χ2v) is 4.44. The highest BCUT2D eigenvalue weighted by Crippen LogP contribution is 2.27. The Morgan fingerprint density at radius 2 is 2.37 bits per heavy atom. The van der Waals surface area contributed by atoms with E-state index in [9.17, 15) is 9.90 Å². The van der Waals surface area contributed by atoms with Gasteiger partial charge in [-0.2, -0.15) is 0 Å². The molecule has 1 heterocycles. The van der Waals surface area contributed by atoms with Crippen LogP contribution in [0.15, 0.2) is 18.2 Å². The van der Waals surface area contributed by atoms with Crippen molar-refractivity contribution in [2.24, 2.45) is 0 Å². The monoisotopic (exact) mass is 267 g/mol. The van der Waals surface area contributed by atoms with E-state index in [1.54, 1.807) is 18.2 Å². The third-order valence-corrected chi connectivity index (χ3v) is 3.08. The number of carboxylic acid groups (broad SMARTS) is 1. The van der Waals surface area contributed by atoms with Gasteiger partial charge in [-0.25, -0.2) is 4.79 Å². The number of ether oxygens (including phenoxy) is 2. The van der Waals surface area contributed by atoms with Crippen LogP contribution in [-0.2, 0) is 16.1 Å². The number of nitrogens with zero attached hydrogens (tertiary/aromatic N) is 1. The van der Waals surface area contributed by atoms with Crippen LogP contribution in [0.3, 0.4) is 0 Å². The van der Waals surface area contributed by atoms with E-state index in [1.165, 1.54) is 7.11 Å². The Labute approximate surface area is 111 Å². The molecule has 1 aliphatic rings. The van der Waals surface area contributed by atoms with Crippen LogP contribution in [-0.4, -0.2) is 54.0 Å². The molecule has 1 unspecified atom stereocenters. The molecule has 0 aliphatic carbocycles. The van der Waals surface area contributed by atoms with E-state index in [4.69, 9.17) is 14.6 Å². The van der Waals surface area contributed by atoms with Crippen LogP contribution in [0.2, 0.25) is 0 Å². The van der Waals surface area contributed by atoms with Gasteiger partial charge in [0.25, 0.3) is 0 Å². The number of phenols is 1. The first-order valence-corrected chi connectivity index (χ1v) is 6.03. The van der Waals surface area contributed by atoms with E-state index >= 15 is 0 Å². The molecular weight excluding hydrogens is 250 g/mol. The molecule has 6 heteroatoms. The van der Waals surface area contributed by atoms with Gasteiger partial charge in [0, 0.05) is 19.6 Å². The molecule has 0 saturated carbocycles. The number of rotatable bonds is 4. The zero-order chi connectivity index (χ0) is 13.8. The first-order chi connectivity index (χ1) is 9.10. The topological polar surface area (TPSA) is 79.2 Å². The van der Waals surface area contributed by atoms with Crippen molar-refractivity contribution in [1.82, 2.24) is 4.90 Å². The Bertz CT molecular complexity index is 462. The summed E-state index contributed by atoms with van der Waals surface area (Å²) in [7, 11) is 1.49. The minimum absolute atomic E-state index is 0.0941. The number of carbonyl (C=O) groups is 1. The fraction of sp³-hybridized carbons (Fsp3) is 0.462. The molecule has 1 aliphatic heterocycles. The maximum Gasteiger partial charge on any atom is 0.334 e. The van der Waals surface area contributed by atoms with Gasteiger partial charge in [0.05, 0.1) is 13.7 Å². The van der Waals surface area contributed by atoms with Gasteiger partial charge in [0.1, 0.15) is 0 Å². The zero-order valence-electron chi connectivity index (χ0n) is 10.7. The average Bonchev–Trinajstić information content (AvgIpc) is 2.41. The molecule has 0 radical (unpaired) electrons. The summed E-state index contributed by atoms with van der Waals surface area (Å²) in [5.41, 5.74) is 0.959. The quantitative estimate of drug-likeness (QED) is 0.835. The van der Waals surface area contributed by atoms with Crippen LogP contribution < -0.4 is 4.74 Å². The number of carboxylic acids is 1. The van der Waals surface area contributed by atoms with Crippen molar-refractivity contribution >= 4 is 5.97 Å². The van der Waals surface area contributed by atoms with Gasteiger partial charge >= 0.3 is 5.97 Å². The molecule has 1 atom stereocenters. The number of aliphatic carboxylic acids is 1. The molecule has 1 aromatic rings. The van der Waals surface area contributed by atoms with E-state index in [0.29, 0.717) is 32.0 Å². The fourth-order valence-electron chi connectivity index (χ4n) is 2.07. The number of morpholine rings is 1. The summed E-state index contributed by atoms with van der Waals surface area (Å²) < 4.78 is 10.2. The van der Waals surface area contributed by atoms with Gasteiger partial charge in [-0.1, -0.05) is 6.07 Å². The van der Waals surface area contributed by atoms with Crippen LogP contribution >= 0.6 is 0 Å². The van der Waals surface area contributed by atoms with E-state index in [1.807, 2.05) is 4.90 Å². The molecule has 1 fully saturated rings. The molecule has 0 aromatic heterocycles. The maximum atomic E-state index is 10.9.